The Morgan fingerprint density at radius 1 is 1.07 bits per heavy atom. The molecule has 1 aliphatic carbocycles. The van der Waals surface area contributed by atoms with Crippen LogP contribution in [0.3, 0.4) is 0 Å². The van der Waals surface area contributed by atoms with Gasteiger partial charge in [0.2, 0.25) is 0 Å². The summed E-state index contributed by atoms with van der Waals surface area (Å²) >= 11 is 0. The SMILES string of the molecule is NC1(C2CCOCC2)CCC(O)CC1. The van der Waals surface area contributed by atoms with Crippen molar-refractivity contribution in [2.45, 2.75) is 50.2 Å². The van der Waals surface area contributed by atoms with E-state index in [2.05, 4.69) is 0 Å². The van der Waals surface area contributed by atoms with E-state index in [-0.39, 0.29) is 11.6 Å². The van der Waals surface area contributed by atoms with E-state index in [9.17, 15) is 5.11 Å². The standard InChI is InChI=1S/C11H21NO2/c12-11(5-1-10(13)2-6-11)9-3-7-14-8-4-9/h9-10,13H,1-8,12H2. The monoisotopic (exact) mass is 199 g/mol. The molecule has 3 nitrogen and oxygen atoms in total. The second kappa shape index (κ2) is 4.17. The molecule has 0 aromatic heterocycles. The van der Waals surface area contributed by atoms with Crippen LogP contribution in [0, 0.1) is 5.92 Å². The summed E-state index contributed by atoms with van der Waals surface area (Å²) in [5.41, 5.74) is 6.42. The Bertz CT molecular complexity index is 182. The van der Waals surface area contributed by atoms with Crippen LogP contribution >= 0.6 is 0 Å². The molecule has 0 amide bonds. The fourth-order valence-corrected chi connectivity index (χ4v) is 2.82. The smallest absolute Gasteiger partial charge is 0.0541 e. The quantitative estimate of drug-likeness (QED) is 0.663. The minimum absolute atomic E-state index is 0.0109. The molecule has 0 spiro atoms. The van der Waals surface area contributed by atoms with Crippen molar-refractivity contribution in [2.24, 2.45) is 11.7 Å². The van der Waals surface area contributed by atoms with Crippen molar-refractivity contribution in [3.05, 3.63) is 0 Å². The van der Waals surface area contributed by atoms with Crippen molar-refractivity contribution in [1.82, 2.24) is 0 Å². The molecule has 2 fully saturated rings. The van der Waals surface area contributed by atoms with Crippen LogP contribution in [-0.4, -0.2) is 30.0 Å². The Labute approximate surface area is 85.6 Å². The molecule has 3 heteroatoms. The molecular formula is C11H21NO2. The molecular weight excluding hydrogens is 178 g/mol. The summed E-state index contributed by atoms with van der Waals surface area (Å²) in [5.74, 6) is 0.615. The maximum absolute atomic E-state index is 9.46. The zero-order chi connectivity index (χ0) is 10.0. The highest BCUT2D eigenvalue weighted by molar-refractivity contribution is 4.95. The van der Waals surface area contributed by atoms with Gasteiger partial charge in [-0.3, -0.25) is 0 Å². The zero-order valence-corrected chi connectivity index (χ0v) is 8.74. The summed E-state index contributed by atoms with van der Waals surface area (Å²) in [6.45, 7) is 1.73. The fourth-order valence-electron chi connectivity index (χ4n) is 2.82. The third-order valence-corrected chi connectivity index (χ3v) is 3.92. The average molecular weight is 199 g/mol. The number of aliphatic hydroxyl groups excluding tert-OH is 1. The molecule has 2 rings (SSSR count). The third-order valence-electron chi connectivity index (χ3n) is 3.92. The molecule has 0 bridgehead atoms. The molecule has 0 aromatic carbocycles. The van der Waals surface area contributed by atoms with E-state index in [1.54, 1.807) is 0 Å². The molecule has 0 atom stereocenters. The molecule has 1 saturated carbocycles. The van der Waals surface area contributed by atoms with Crippen molar-refractivity contribution in [3.63, 3.8) is 0 Å². The van der Waals surface area contributed by atoms with Gasteiger partial charge in [-0.05, 0) is 44.4 Å². The van der Waals surface area contributed by atoms with Crippen LogP contribution in [0.25, 0.3) is 0 Å². The highest BCUT2D eigenvalue weighted by atomic mass is 16.5. The lowest BCUT2D eigenvalue weighted by molar-refractivity contribution is 0.0108. The molecule has 1 heterocycles. The van der Waals surface area contributed by atoms with Crippen LogP contribution in [0.4, 0.5) is 0 Å². The van der Waals surface area contributed by atoms with E-state index in [1.807, 2.05) is 0 Å². The summed E-state index contributed by atoms with van der Waals surface area (Å²) in [5, 5.41) is 9.46. The number of aliphatic hydroxyl groups is 1. The van der Waals surface area contributed by atoms with Crippen molar-refractivity contribution < 1.29 is 9.84 Å². The van der Waals surface area contributed by atoms with Gasteiger partial charge in [0.15, 0.2) is 0 Å². The third kappa shape index (κ3) is 2.10. The topological polar surface area (TPSA) is 55.5 Å². The van der Waals surface area contributed by atoms with E-state index >= 15 is 0 Å². The molecule has 82 valence electrons. The van der Waals surface area contributed by atoms with E-state index in [4.69, 9.17) is 10.5 Å². The van der Waals surface area contributed by atoms with Gasteiger partial charge in [-0.1, -0.05) is 0 Å². The van der Waals surface area contributed by atoms with Crippen molar-refractivity contribution in [2.75, 3.05) is 13.2 Å². The first-order valence-corrected chi connectivity index (χ1v) is 5.75. The number of nitrogens with two attached hydrogens (primary N) is 1. The van der Waals surface area contributed by atoms with Gasteiger partial charge in [-0.2, -0.15) is 0 Å². The Hall–Kier alpha value is -0.120. The summed E-state index contributed by atoms with van der Waals surface area (Å²) < 4.78 is 5.35. The molecule has 0 aromatic rings. The van der Waals surface area contributed by atoms with Crippen molar-refractivity contribution in [3.8, 4) is 0 Å². The van der Waals surface area contributed by atoms with Gasteiger partial charge in [0, 0.05) is 18.8 Å². The molecule has 1 saturated heterocycles. The summed E-state index contributed by atoms with van der Waals surface area (Å²) in [7, 11) is 0. The molecule has 0 radical (unpaired) electrons. The van der Waals surface area contributed by atoms with Crippen molar-refractivity contribution in [1.29, 1.82) is 0 Å². The van der Waals surface area contributed by atoms with Gasteiger partial charge in [-0.15, -0.1) is 0 Å². The van der Waals surface area contributed by atoms with Crippen LogP contribution < -0.4 is 5.73 Å². The van der Waals surface area contributed by atoms with Gasteiger partial charge < -0.3 is 15.6 Å². The van der Waals surface area contributed by atoms with E-state index in [1.165, 1.54) is 0 Å². The van der Waals surface area contributed by atoms with Crippen LogP contribution in [0.5, 0.6) is 0 Å². The van der Waals surface area contributed by atoms with Gasteiger partial charge in [-0.25, -0.2) is 0 Å². The first-order valence-electron chi connectivity index (χ1n) is 5.75. The van der Waals surface area contributed by atoms with Gasteiger partial charge in [0.05, 0.1) is 6.10 Å². The second-order valence-corrected chi connectivity index (χ2v) is 4.85. The number of hydrogen-bond acceptors (Lipinski definition) is 3. The first kappa shape index (κ1) is 10.4. The summed E-state index contributed by atoms with van der Waals surface area (Å²) in [4.78, 5) is 0. The molecule has 2 aliphatic rings. The fraction of sp³-hybridized carbons (Fsp3) is 1.00. The van der Waals surface area contributed by atoms with E-state index in [0.717, 1.165) is 51.7 Å². The number of hydrogen-bond donors (Lipinski definition) is 2. The Morgan fingerprint density at radius 2 is 1.64 bits per heavy atom. The second-order valence-electron chi connectivity index (χ2n) is 4.85. The van der Waals surface area contributed by atoms with Crippen molar-refractivity contribution >= 4 is 0 Å². The highest BCUT2D eigenvalue weighted by Gasteiger charge is 2.38. The number of rotatable bonds is 1. The predicted octanol–water partition coefficient (Wildman–Crippen LogP) is 1.05. The van der Waals surface area contributed by atoms with E-state index < -0.39 is 0 Å². The van der Waals surface area contributed by atoms with Crippen LogP contribution in [0.1, 0.15) is 38.5 Å². The lowest BCUT2D eigenvalue weighted by Gasteiger charge is -2.43. The Morgan fingerprint density at radius 3 is 2.21 bits per heavy atom. The average Bonchev–Trinajstić information content (AvgIpc) is 2.24. The van der Waals surface area contributed by atoms with Gasteiger partial charge >= 0.3 is 0 Å². The molecule has 0 unspecified atom stereocenters. The lowest BCUT2D eigenvalue weighted by atomic mass is 9.70. The first-order chi connectivity index (χ1) is 6.71. The lowest BCUT2D eigenvalue weighted by Crippen LogP contribution is -2.52. The highest BCUT2D eigenvalue weighted by Crippen LogP contribution is 2.37. The molecule has 3 N–H and O–H groups in total. The minimum atomic E-state index is -0.105. The van der Waals surface area contributed by atoms with Crippen LogP contribution in [0.2, 0.25) is 0 Å². The predicted molar refractivity (Wildman–Crippen MR) is 54.9 cm³/mol. The maximum Gasteiger partial charge on any atom is 0.0541 e. The van der Waals surface area contributed by atoms with E-state index in [0.29, 0.717) is 5.92 Å². The Balaban J connectivity index is 1.93. The summed E-state index contributed by atoms with van der Waals surface area (Å²) in [6, 6.07) is 0. The van der Waals surface area contributed by atoms with Gasteiger partial charge in [0.25, 0.3) is 0 Å². The van der Waals surface area contributed by atoms with Gasteiger partial charge in [0.1, 0.15) is 0 Å². The maximum atomic E-state index is 9.46. The van der Waals surface area contributed by atoms with Crippen LogP contribution in [0.15, 0.2) is 0 Å². The Kier molecular flexibility index (Phi) is 3.10. The normalized spacial score (nSPS) is 41.1. The molecule has 1 aliphatic heterocycles. The largest absolute Gasteiger partial charge is 0.393 e. The number of ether oxygens (including phenoxy) is 1. The zero-order valence-electron chi connectivity index (χ0n) is 8.74. The minimum Gasteiger partial charge on any atom is -0.393 e. The molecule has 14 heavy (non-hydrogen) atoms. The van der Waals surface area contributed by atoms with Crippen LogP contribution in [-0.2, 0) is 4.74 Å². The summed E-state index contributed by atoms with van der Waals surface area (Å²) in [6.07, 6.45) is 5.84.